The van der Waals surface area contributed by atoms with Gasteiger partial charge in [0.05, 0.1) is 0 Å². The highest BCUT2D eigenvalue weighted by Gasteiger charge is 2.42. The standard InChI is InChI=1S/C11H6N2O5/c14-7-8(15)12-11(18)13(10(7)17)9(16)6-4-2-1-3-5-6/h1-5H,(H,12,15,18). The van der Waals surface area contributed by atoms with Gasteiger partial charge in [0.2, 0.25) is 0 Å². The van der Waals surface area contributed by atoms with E-state index in [0.717, 1.165) is 0 Å². The molecule has 0 aliphatic carbocycles. The number of nitrogens with zero attached hydrogens (tertiary/aromatic N) is 1. The van der Waals surface area contributed by atoms with E-state index >= 15 is 0 Å². The van der Waals surface area contributed by atoms with Gasteiger partial charge in [-0.3, -0.25) is 24.5 Å². The summed E-state index contributed by atoms with van der Waals surface area (Å²) in [4.78, 5) is 56.8. The molecule has 2 rings (SSSR count). The fraction of sp³-hybridized carbons (Fsp3) is 0. The van der Waals surface area contributed by atoms with Crippen LogP contribution in [-0.2, 0) is 14.4 Å². The highest BCUT2D eigenvalue weighted by molar-refractivity contribution is 6.68. The Morgan fingerprint density at radius 3 is 2.22 bits per heavy atom. The normalized spacial score (nSPS) is 15.7. The van der Waals surface area contributed by atoms with E-state index in [-0.39, 0.29) is 10.5 Å². The first kappa shape index (κ1) is 11.6. The topological polar surface area (TPSA) is 101 Å². The minimum Gasteiger partial charge on any atom is -0.277 e. The largest absolute Gasteiger partial charge is 0.338 e. The van der Waals surface area contributed by atoms with Crippen molar-refractivity contribution in [2.45, 2.75) is 0 Å². The lowest BCUT2D eigenvalue weighted by Gasteiger charge is -2.21. The number of imide groups is 4. The molecule has 1 aromatic carbocycles. The molecule has 1 saturated heterocycles. The summed E-state index contributed by atoms with van der Waals surface area (Å²) in [6, 6.07) is 6.24. The third kappa shape index (κ3) is 1.77. The molecule has 1 aliphatic heterocycles. The SMILES string of the molecule is O=C1NC(=O)N(C(=O)c2ccccc2)C(=O)C1=O. The van der Waals surface area contributed by atoms with Crippen LogP contribution in [0.1, 0.15) is 10.4 Å². The molecule has 0 radical (unpaired) electrons. The van der Waals surface area contributed by atoms with Gasteiger partial charge in [-0.2, -0.15) is 4.90 Å². The van der Waals surface area contributed by atoms with Gasteiger partial charge in [-0.1, -0.05) is 18.2 Å². The molecule has 1 aromatic rings. The van der Waals surface area contributed by atoms with Gasteiger partial charge in [-0.25, -0.2) is 4.79 Å². The van der Waals surface area contributed by atoms with Crippen LogP contribution in [0.5, 0.6) is 0 Å². The third-order valence-electron chi connectivity index (χ3n) is 2.25. The Bertz CT molecular complexity index is 578. The number of benzene rings is 1. The highest BCUT2D eigenvalue weighted by Crippen LogP contribution is 2.08. The molecule has 0 spiro atoms. The second-order valence-corrected chi connectivity index (χ2v) is 3.40. The number of hydrogen-bond acceptors (Lipinski definition) is 5. The zero-order valence-electron chi connectivity index (χ0n) is 8.88. The Morgan fingerprint density at radius 1 is 1.00 bits per heavy atom. The van der Waals surface area contributed by atoms with Crippen LogP contribution < -0.4 is 5.32 Å². The summed E-state index contributed by atoms with van der Waals surface area (Å²) in [6.45, 7) is 0. The first-order valence-electron chi connectivity index (χ1n) is 4.85. The number of ketones is 1. The van der Waals surface area contributed by atoms with E-state index in [0.29, 0.717) is 0 Å². The van der Waals surface area contributed by atoms with Crippen molar-refractivity contribution >= 4 is 29.5 Å². The average molecular weight is 246 g/mol. The predicted molar refractivity (Wildman–Crippen MR) is 56.2 cm³/mol. The van der Waals surface area contributed by atoms with E-state index in [1.807, 2.05) is 0 Å². The summed E-state index contributed by atoms with van der Waals surface area (Å²) in [5.74, 6) is -5.18. The smallest absolute Gasteiger partial charge is 0.277 e. The van der Waals surface area contributed by atoms with Crippen molar-refractivity contribution < 1.29 is 24.0 Å². The molecule has 1 fully saturated rings. The average Bonchev–Trinajstić information content (AvgIpc) is 2.37. The first-order valence-corrected chi connectivity index (χ1v) is 4.85. The van der Waals surface area contributed by atoms with Crippen molar-refractivity contribution in [1.82, 2.24) is 10.2 Å². The molecule has 7 nitrogen and oxygen atoms in total. The summed E-state index contributed by atoms with van der Waals surface area (Å²) in [7, 11) is 0. The molecule has 0 saturated carbocycles. The van der Waals surface area contributed by atoms with Crippen LogP contribution in [0.25, 0.3) is 0 Å². The number of barbiturate groups is 1. The molecule has 1 N–H and O–H groups in total. The van der Waals surface area contributed by atoms with Crippen molar-refractivity contribution in [2.24, 2.45) is 0 Å². The summed E-state index contributed by atoms with van der Waals surface area (Å²) in [6.07, 6.45) is 0. The molecule has 0 bridgehead atoms. The maximum absolute atomic E-state index is 11.9. The molecule has 5 amide bonds. The number of nitrogens with one attached hydrogen (secondary N) is 1. The van der Waals surface area contributed by atoms with Gasteiger partial charge < -0.3 is 0 Å². The Labute approximate surface area is 100 Å². The quantitative estimate of drug-likeness (QED) is 0.530. The highest BCUT2D eigenvalue weighted by atomic mass is 16.2. The van der Waals surface area contributed by atoms with Crippen molar-refractivity contribution in [3.05, 3.63) is 35.9 Å². The molecule has 0 atom stereocenters. The van der Waals surface area contributed by atoms with E-state index in [2.05, 4.69) is 0 Å². The fourth-order valence-corrected chi connectivity index (χ4v) is 1.39. The Morgan fingerprint density at radius 2 is 1.61 bits per heavy atom. The van der Waals surface area contributed by atoms with Gasteiger partial charge in [-0.05, 0) is 12.1 Å². The number of carbonyl (C=O) groups is 5. The molecule has 18 heavy (non-hydrogen) atoms. The number of amides is 5. The molecule has 0 aromatic heterocycles. The summed E-state index contributed by atoms with van der Waals surface area (Å²) < 4.78 is 0. The van der Waals surface area contributed by atoms with E-state index in [9.17, 15) is 24.0 Å². The zero-order valence-corrected chi connectivity index (χ0v) is 8.88. The second kappa shape index (κ2) is 4.21. The molecule has 1 aliphatic rings. The van der Waals surface area contributed by atoms with Crippen molar-refractivity contribution in [2.75, 3.05) is 0 Å². The molecule has 7 heteroatoms. The third-order valence-corrected chi connectivity index (χ3v) is 2.25. The van der Waals surface area contributed by atoms with Crippen molar-refractivity contribution in [1.29, 1.82) is 0 Å². The van der Waals surface area contributed by atoms with Crippen LogP contribution in [0.2, 0.25) is 0 Å². The second-order valence-electron chi connectivity index (χ2n) is 3.40. The first-order chi connectivity index (χ1) is 8.52. The van der Waals surface area contributed by atoms with E-state index in [1.165, 1.54) is 24.3 Å². The maximum atomic E-state index is 11.9. The van der Waals surface area contributed by atoms with Gasteiger partial charge in [0.25, 0.3) is 5.91 Å². The number of Topliss-reactive ketones (excluding diaryl/α,β-unsaturated/α-hetero) is 1. The summed E-state index contributed by atoms with van der Waals surface area (Å²) >= 11 is 0. The molecule has 1 heterocycles. The van der Waals surface area contributed by atoms with Gasteiger partial charge >= 0.3 is 23.6 Å². The molecular formula is C11H6N2O5. The number of carbonyl (C=O) groups excluding carboxylic acids is 5. The minimum atomic E-state index is -1.45. The van der Waals surface area contributed by atoms with Crippen LogP contribution in [0.3, 0.4) is 0 Å². The van der Waals surface area contributed by atoms with Crippen LogP contribution >= 0.6 is 0 Å². The molecule has 90 valence electrons. The maximum Gasteiger partial charge on any atom is 0.338 e. The van der Waals surface area contributed by atoms with E-state index in [1.54, 1.807) is 11.4 Å². The predicted octanol–water partition coefficient (Wildman–Crippen LogP) is -0.526. The van der Waals surface area contributed by atoms with E-state index < -0.39 is 29.5 Å². The fourth-order valence-electron chi connectivity index (χ4n) is 1.39. The molecule has 0 unspecified atom stereocenters. The lowest BCUT2D eigenvalue weighted by molar-refractivity contribution is -0.149. The van der Waals surface area contributed by atoms with Gasteiger partial charge in [-0.15, -0.1) is 0 Å². The van der Waals surface area contributed by atoms with Crippen LogP contribution in [-0.4, -0.2) is 34.4 Å². The Hall–Kier alpha value is -2.83. The Kier molecular flexibility index (Phi) is 2.72. The zero-order chi connectivity index (χ0) is 13.3. The number of urea groups is 1. The number of rotatable bonds is 1. The van der Waals surface area contributed by atoms with Gasteiger partial charge in [0, 0.05) is 5.56 Å². The van der Waals surface area contributed by atoms with Gasteiger partial charge in [0.15, 0.2) is 0 Å². The minimum absolute atomic E-state index is 0.0585. The number of hydrogen-bond donors (Lipinski definition) is 1. The lowest BCUT2D eigenvalue weighted by Crippen LogP contribution is -2.60. The van der Waals surface area contributed by atoms with Crippen LogP contribution in [0, 0.1) is 0 Å². The van der Waals surface area contributed by atoms with Crippen LogP contribution in [0.15, 0.2) is 30.3 Å². The summed E-state index contributed by atoms with van der Waals surface area (Å²) in [5.41, 5.74) is 0.0585. The van der Waals surface area contributed by atoms with Crippen molar-refractivity contribution in [3.63, 3.8) is 0 Å². The van der Waals surface area contributed by atoms with Crippen molar-refractivity contribution in [3.8, 4) is 0 Å². The molecular weight excluding hydrogens is 240 g/mol. The summed E-state index contributed by atoms with van der Waals surface area (Å²) in [5, 5.41) is 1.62. The lowest BCUT2D eigenvalue weighted by atomic mass is 10.1. The van der Waals surface area contributed by atoms with Gasteiger partial charge in [0.1, 0.15) is 0 Å². The Balaban J connectivity index is 2.36. The van der Waals surface area contributed by atoms with E-state index in [4.69, 9.17) is 0 Å². The monoisotopic (exact) mass is 246 g/mol. The van der Waals surface area contributed by atoms with Crippen LogP contribution in [0.4, 0.5) is 4.79 Å².